The Morgan fingerprint density at radius 3 is 2.23 bits per heavy atom. The van der Waals surface area contributed by atoms with Crippen LogP contribution in [0.1, 0.15) is 6.92 Å². The van der Waals surface area contributed by atoms with Crippen LogP contribution < -0.4 is 10.1 Å². The van der Waals surface area contributed by atoms with Gasteiger partial charge in [-0.3, -0.25) is 4.79 Å². The van der Waals surface area contributed by atoms with Crippen LogP contribution in [0.5, 0.6) is 5.75 Å². The minimum Gasteiger partial charge on any atom is -0.482 e. The third-order valence-corrected chi connectivity index (χ3v) is 2.82. The fourth-order valence-electron chi connectivity index (χ4n) is 1.71. The van der Waals surface area contributed by atoms with E-state index in [9.17, 15) is 9.59 Å². The van der Waals surface area contributed by atoms with E-state index in [2.05, 4.69) is 5.32 Å². The second-order valence-corrected chi connectivity index (χ2v) is 4.59. The zero-order valence-corrected chi connectivity index (χ0v) is 12.2. The van der Waals surface area contributed by atoms with Gasteiger partial charge < -0.3 is 14.8 Å². The summed E-state index contributed by atoms with van der Waals surface area (Å²) >= 11 is 0. The van der Waals surface area contributed by atoms with Crippen LogP contribution in [-0.2, 0) is 14.3 Å². The van der Waals surface area contributed by atoms with Crippen LogP contribution in [0.2, 0.25) is 0 Å². The van der Waals surface area contributed by atoms with Gasteiger partial charge in [-0.25, -0.2) is 4.79 Å². The van der Waals surface area contributed by atoms with Gasteiger partial charge in [-0.05, 0) is 31.2 Å². The van der Waals surface area contributed by atoms with E-state index in [1.165, 1.54) is 6.92 Å². The van der Waals surface area contributed by atoms with Crippen molar-refractivity contribution in [1.82, 2.24) is 0 Å². The van der Waals surface area contributed by atoms with Gasteiger partial charge in [0.2, 0.25) is 0 Å². The quantitative estimate of drug-likeness (QED) is 0.833. The molecule has 0 radical (unpaired) electrons. The largest absolute Gasteiger partial charge is 0.482 e. The lowest BCUT2D eigenvalue weighted by Gasteiger charge is -2.13. The lowest BCUT2D eigenvalue weighted by atomic mass is 10.3. The molecule has 0 heterocycles. The van der Waals surface area contributed by atoms with Gasteiger partial charge in [0.05, 0.1) is 0 Å². The van der Waals surface area contributed by atoms with Crippen LogP contribution >= 0.6 is 0 Å². The first-order chi connectivity index (χ1) is 10.6. The molecule has 1 atom stereocenters. The van der Waals surface area contributed by atoms with Gasteiger partial charge in [0.25, 0.3) is 5.91 Å². The summed E-state index contributed by atoms with van der Waals surface area (Å²) in [6.45, 7) is 1.27. The van der Waals surface area contributed by atoms with Crippen molar-refractivity contribution in [2.45, 2.75) is 13.0 Å². The second kappa shape index (κ2) is 7.83. The molecule has 0 fully saturated rings. The molecular weight excluding hydrogens is 282 g/mol. The van der Waals surface area contributed by atoms with Crippen molar-refractivity contribution in [3.05, 3.63) is 60.7 Å². The number of nitrogens with one attached hydrogen (secondary N) is 1. The number of esters is 1. The zero-order chi connectivity index (χ0) is 15.8. The lowest BCUT2D eigenvalue weighted by molar-refractivity contribution is -0.155. The average Bonchev–Trinajstić information content (AvgIpc) is 2.55. The van der Waals surface area contributed by atoms with Gasteiger partial charge in [-0.2, -0.15) is 0 Å². The Kier molecular flexibility index (Phi) is 5.54. The van der Waals surface area contributed by atoms with Gasteiger partial charge >= 0.3 is 5.97 Å². The van der Waals surface area contributed by atoms with Crippen LogP contribution in [0.25, 0.3) is 0 Å². The normalized spacial score (nSPS) is 11.3. The number of hydrogen-bond donors (Lipinski definition) is 1. The Morgan fingerprint density at radius 2 is 1.59 bits per heavy atom. The topological polar surface area (TPSA) is 64.6 Å². The Balaban J connectivity index is 1.77. The van der Waals surface area contributed by atoms with Crippen molar-refractivity contribution in [2.24, 2.45) is 0 Å². The fourth-order valence-corrected chi connectivity index (χ4v) is 1.71. The van der Waals surface area contributed by atoms with Gasteiger partial charge in [0, 0.05) is 5.69 Å². The lowest BCUT2D eigenvalue weighted by Crippen LogP contribution is -2.31. The zero-order valence-electron chi connectivity index (χ0n) is 12.2. The summed E-state index contributed by atoms with van der Waals surface area (Å²) in [5.74, 6) is -0.417. The van der Waals surface area contributed by atoms with E-state index in [0.717, 1.165) is 0 Å². The molecule has 5 nitrogen and oxygen atoms in total. The number of carbonyl (C=O) groups is 2. The first-order valence-corrected chi connectivity index (χ1v) is 6.88. The number of para-hydroxylation sites is 2. The predicted molar refractivity (Wildman–Crippen MR) is 82.6 cm³/mol. The SMILES string of the molecule is C[C@@H](OC(=O)COc1ccccc1)C(=O)Nc1ccccc1. The van der Waals surface area contributed by atoms with Gasteiger partial charge in [0.15, 0.2) is 12.7 Å². The number of hydrogen-bond acceptors (Lipinski definition) is 4. The molecule has 0 unspecified atom stereocenters. The van der Waals surface area contributed by atoms with Crippen molar-refractivity contribution in [1.29, 1.82) is 0 Å². The summed E-state index contributed by atoms with van der Waals surface area (Å²) in [5, 5.41) is 2.66. The summed E-state index contributed by atoms with van der Waals surface area (Å²) in [5.41, 5.74) is 0.649. The molecule has 0 saturated carbocycles. The Hall–Kier alpha value is -2.82. The van der Waals surface area contributed by atoms with E-state index in [1.54, 1.807) is 48.5 Å². The maximum Gasteiger partial charge on any atom is 0.344 e. The van der Waals surface area contributed by atoms with Gasteiger partial charge in [-0.15, -0.1) is 0 Å². The van der Waals surface area contributed by atoms with Gasteiger partial charge in [0.1, 0.15) is 5.75 Å². The highest BCUT2D eigenvalue weighted by Gasteiger charge is 2.18. The van der Waals surface area contributed by atoms with Crippen LogP contribution in [0.3, 0.4) is 0 Å². The molecule has 2 aromatic carbocycles. The van der Waals surface area contributed by atoms with E-state index in [0.29, 0.717) is 11.4 Å². The molecular formula is C17H17NO4. The molecule has 2 aromatic rings. The first kappa shape index (κ1) is 15.6. The molecule has 22 heavy (non-hydrogen) atoms. The minimum atomic E-state index is -0.896. The number of ether oxygens (including phenoxy) is 2. The summed E-state index contributed by atoms with van der Waals surface area (Å²) in [6, 6.07) is 17.9. The molecule has 1 amide bonds. The van der Waals surface area contributed by atoms with Crippen LogP contribution in [0.4, 0.5) is 5.69 Å². The molecule has 2 rings (SSSR count). The van der Waals surface area contributed by atoms with E-state index in [1.807, 2.05) is 12.1 Å². The Labute approximate surface area is 128 Å². The molecule has 114 valence electrons. The molecule has 0 aromatic heterocycles. The third-order valence-electron chi connectivity index (χ3n) is 2.82. The van der Waals surface area contributed by atoms with E-state index >= 15 is 0 Å². The number of benzene rings is 2. The standard InChI is InChI=1S/C17H17NO4/c1-13(17(20)18-14-8-4-2-5-9-14)22-16(19)12-21-15-10-6-3-7-11-15/h2-11,13H,12H2,1H3,(H,18,20)/t13-/m1/s1. The summed E-state index contributed by atoms with van der Waals surface area (Å²) in [7, 11) is 0. The highest BCUT2D eigenvalue weighted by atomic mass is 16.6. The van der Waals surface area contributed by atoms with Crippen molar-refractivity contribution < 1.29 is 19.1 Å². The van der Waals surface area contributed by atoms with Crippen molar-refractivity contribution in [3.8, 4) is 5.75 Å². The Morgan fingerprint density at radius 1 is 1.00 bits per heavy atom. The summed E-state index contributed by atoms with van der Waals surface area (Å²) < 4.78 is 10.3. The molecule has 0 bridgehead atoms. The fraction of sp³-hybridized carbons (Fsp3) is 0.176. The van der Waals surface area contributed by atoms with Crippen LogP contribution in [-0.4, -0.2) is 24.6 Å². The molecule has 0 aliphatic rings. The third kappa shape index (κ3) is 4.94. The Bertz CT molecular complexity index is 613. The average molecular weight is 299 g/mol. The number of rotatable bonds is 6. The van der Waals surface area contributed by atoms with E-state index in [-0.39, 0.29) is 12.5 Å². The molecule has 0 saturated heterocycles. The first-order valence-electron chi connectivity index (χ1n) is 6.88. The maximum absolute atomic E-state index is 11.9. The monoisotopic (exact) mass is 299 g/mol. The molecule has 0 aliphatic heterocycles. The van der Waals surface area contributed by atoms with E-state index in [4.69, 9.17) is 9.47 Å². The summed E-state index contributed by atoms with van der Waals surface area (Å²) in [6.07, 6.45) is -0.896. The van der Waals surface area contributed by atoms with Crippen LogP contribution in [0, 0.1) is 0 Å². The molecule has 5 heteroatoms. The number of amides is 1. The molecule has 0 aliphatic carbocycles. The van der Waals surface area contributed by atoms with Gasteiger partial charge in [-0.1, -0.05) is 36.4 Å². The minimum absolute atomic E-state index is 0.243. The van der Waals surface area contributed by atoms with Crippen molar-refractivity contribution in [3.63, 3.8) is 0 Å². The smallest absolute Gasteiger partial charge is 0.344 e. The summed E-state index contributed by atoms with van der Waals surface area (Å²) in [4.78, 5) is 23.5. The number of anilines is 1. The second-order valence-electron chi connectivity index (χ2n) is 4.59. The van der Waals surface area contributed by atoms with E-state index < -0.39 is 12.1 Å². The highest BCUT2D eigenvalue weighted by Crippen LogP contribution is 2.09. The highest BCUT2D eigenvalue weighted by molar-refractivity contribution is 5.95. The van der Waals surface area contributed by atoms with Crippen molar-refractivity contribution >= 4 is 17.6 Å². The van der Waals surface area contributed by atoms with Crippen molar-refractivity contribution in [2.75, 3.05) is 11.9 Å². The van der Waals surface area contributed by atoms with Crippen LogP contribution in [0.15, 0.2) is 60.7 Å². The molecule has 1 N–H and O–H groups in total. The maximum atomic E-state index is 11.9. The predicted octanol–water partition coefficient (Wildman–Crippen LogP) is 2.64. The number of carbonyl (C=O) groups excluding carboxylic acids is 2. The molecule has 0 spiro atoms.